The second kappa shape index (κ2) is 7.75. The third-order valence-electron chi connectivity index (χ3n) is 3.66. The molecule has 0 spiro atoms. The highest BCUT2D eigenvalue weighted by atomic mass is 35.5. The van der Waals surface area contributed by atoms with Crippen LogP contribution >= 0.6 is 11.6 Å². The van der Waals surface area contributed by atoms with Crippen LogP contribution in [0.5, 0.6) is 0 Å². The number of aromatic nitrogens is 3. The van der Waals surface area contributed by atoms with Gasteiger partial charge in [-0.2, -0.15) is 15.0 Å². The Morgan fingerprint density at radius 3 is 2.42 bits per heavy atom. The number of nitrogens with one attached hydrogen (secondary N) is 1. The zero-order chi connectivity index (χ0) is 16.8. The molecule has 6 heteroatoms. The quantitative estimate of drug-likeness (QED) is 0.750. The van der Waals surface area contributed by atoms with Crippen molar-refractivity contribution in [3.8, 4) is 0 Å². The summed E-state index contributed by atoms with van der Waals surface area (Å²) in [6.07, 6.45) is 3.47. The molecule has 3 rings (SSSR count). The third kappa shape index (κ3) is 4.20. The Kier molecular flexibility index (Phi) is 5.23. The fraction of sp³-hybridized carbons (Fsp3) is 0.167. The molecule has 1 atom stereocenters. The largest absolute Gasteiger partial charge is 0.347 e. The molecule has 5 nitrogen and oxygen atoms in total. The highest BCUT2D eigenvalue weighted by molar-refractivity contribution is 6.31. The molecule has 24 heavy (non-hydrogen) atoms. The first-order chi connectivity index (χ1) is 11.7. The summed E-state index contributed by atoms with van der Waals surface area (Å²) >= 11 is 6.13. The predicted molar refractivity (Wildman–Crippen MR) is 92.5 cm³/mol. The number of carbonyl (C=O) groups is 1. The van der Waals surface area contributed by atoms with E-state index in [0.29, 0.717) is 11.6 Å². The van der Waals surface area contributed by atoms with E-state index in [-0.39, 0.29) is 18.4 Å². The van der Waals surface area contributed by atoms with Crippen molar-refractivity contribution in [2.45, 2.75) is 19.0 Å². The van der Waals surface area contributed by atoms with Crippen molar-refractivity contribution in [3.63, 3.8) is 0 Å². The van der Waals surface area contributed by atoms with E-state index in [9.17, 15) is 4.79 Å². The lowest BCUT2D eigenvalue weighted by Gasteiger charge is -2.19. The fourth-order valence-corrected chi connectivity index (χ4v) is 2.68. The van der Waals surface area contributed by atoms with Gasteiger partial charge in [-0.1, -0.05) is 60.1 Å². The van der Waals surface area contributed by atoms with Crippen molar-refractivity contribution in [2.75, 3.05) is 0 Å². The van der Waals surface area contributed by atoms with Crippen molar-refractivity contribution in [1.29, 1.82) is 0 Å². The Labute approximate surface area is 145 Å². The molecule has 1 aromatic heterocycles. The second-order valence-electron chi connectivity index (χ2n) is 5.38. The summed E-state index contributed by atoms with van der Waals surface area (Å²) in [6.45, 7) is 0.464. The van der Waals surface area contributed by atoms with Gasteiger partial charge in [-0.05, 0) is 17.2 Å². The lowest BCUT2D eigenvalue weighted by Crippen LogP contribution is -2.33. The number of hydrogen-bond donors (Lipinski definition) is 1. The summed E-state index contributed by atoms with van der Waals surface area (Å²) < 4.78 is 0. The van der Waals surface area contributed by atoms with E-state index >= 15 is 0 Å². The van der Waals surface area contributed by atoms with Gasteiger partial charge in [0.05, 0.1) is 31.4 Å². The molecule has 0 radical (unpaired) electrons. The van der Waals surface area contributed by atoms with Crippen LogP contribution in [0.3, 0.4) is 0 Å². The van der Waals surface area contributed by atoms with Gasteiger partial charge in [0, 0.05) is 5.02 Å². The number of hydrogen-bond acceptors (Lipinski definition) is 3. The highest BCUT2D eigenvalue weighted by Crippen LogP contribution is 2.17. The van der Waals surface area contributed by atoms with Crippen LogP contribution in [0.15, 0.2) is 67.0 Å². The first-order valence-corrected chi connectivity index (χ1v) is 8.02. The molecule has 1 heterocycles. The minimum absolute atomic E-state index is 0.0934. The van der Waals surface area contributed by atoms with Crippen LogP contribution in [0.1, 0.15) is 17.2 Å². The van der Waals surface area contributed by atoms with E-state index in [4.69, 9.17) is 11.6 Å². The van der Waals surface area contributed by atoms with Crippen molar-refractivity contribution in [3.05, 3.63) is 83.1 Å². The Bertz CT molecular complexity index is 790. The molecule has 0 bridgehead atoms. The third-order valence-corrected chi connectivity index (χ3v) is 4.03. The number of carbonyl (C=O) groups excluding carboxylic acids is 1. The van der Waals surface area contributed by atoms with Gasteiger partial charge in [-0.15, -0.1) is 0 Å². The standard InChI is InChI=1S/C18H17ClN4O/c19-16-9-5-4-8-15(16)12-18(24)22-17(13-23-20-10-11-21-23)14-6-2-1-3-7-14/h1-11,17H,12-13H2,(H,22,24). The number of nitrogens with zero attached hydrogens (tertiary/aromatic N) is 3. The molecule has 0 fully saturated rings. The zero-order valence-corrected chi connectivity index (χ0v) is 13.7. The first-order valence-electron chi connectivity index (χ1n) is 7.64. The lowest BCUT2D eigenvalue weighted by molar-refractivity contribution is -0.121. The normalized spacial score (nSPS) is 11.9. The molecule has 3 aromatic rings. The van der Waals surface area contributed by atoms with Gasteiger partial charge in [-0.25, -0.2) is 0 Å². The Morgan fingerprint density at radius 1 is 1.04 bits per heavy atom. The predicted octanol–water partition coefficient (Wildman–Crippen LogP) is 3.03. The summed E-state index contributed by atoms with van der Waals surface area (Å²) in [5, 5.41) is 11.9. The van der Waals surface area contributed by atoms with Crippen LogP contribution in [-0.4, -0.2) is 20.9 Å². The fourth-order valence-electron chi connectivity index (χ4n) is 2.48. The molecule has 1 amide bonds. The van der Waals surface area contributed by atoms with Crippen molar-refractivity contribution < 1.29 is 4.79 Å². The zero-order valence-electron chi connectivity index (χ0n) is 13.0. The number of halogens is 1. The molecular formula is C18H17ClN4O. The maximum atomic E-state index is 12.5. The monoisotopic (exact) mass is 340 g/mol. The molecule has 0 saturated heterocycles. The molecule has 122 valence electrons. The summed E-state index contributed by atoms with van der Waals surface area (Å²) in [5.41, 5.74) is 1.81. The smallest absolute Gasteiger partial charge is 0.225 e. The van der Waals surface area contributed by atoms with Crippen LogP contribution in [-0.2, 0) is 17.8 Å². The summed E-state index contributed by atoms with van der Waals surface area (Å²) in [6, 6.07) is 16.9. The number of rotatable bonds is 6. The topological polar surface area (TPSA) is 59.8 Å². The number of amides is 1. The maximum Gasteiger partial charge on any atom is 0.225 e. The van der Waals surface area contributed by atoms with Crippen LogP contribution in [0.4, 0.5) is 0 Å². The van der Waals surface area contributed by atoms with E-state index in [1.54, 1.807) is 23.3 Å². The lowest BCUT2D eigenvalue weighted by atomic mass is 10.1. The van der Waals surface area contributed by atoms with Crippen molar-refractivity contribution in [2.24, 2.45) is 0 Å². The Hall–Kier alpha value is -2.66. The molecule has 0 aliphatic carbocycles. The van der Waals surface area contributed by atoms with Crippen molar-refractivity contribution >= 4 is 17.5 Å². The van der Waals surface area contributed by atoms with E-state index in [2.05, 4.69) is 15.5 Å². The van der Waals surface area contributed by atoms with Gasteiger partial charge in [-0.3, -0.25) is 4.79 Å². The molecule has 1 N–H and O–H groups in total. The maximum absolute atomic E-state index is 12.5. The Balaban J connectivity index is 1.74. The molecule has 2 aromatic carbocycles. The summed E-state index contributed by atoms with van der Waals surface area (Å²) in [7, 11) is 0. The molecule has 0 saturated carbocycles. The van der Waals surface area contributed by atoms with Crippen LogP contribution in [0.2, 0.25) is 5.02 Å². The van der Waals surface area contributed by atoms with Crippen molar-refractivity contribution in [1.82, 2.24) is 20.3 Å². The summed E-state index contributed by atoms with van der Waals surface area (Å²) in [5.74, 6) is -0.0934. The van der Waals surface area contributed by atoms with Crippen LogP contribution < -0.4 is 5.32 Å². The molecule has 0 aliphatic rings. The van der Waals surface area contributed by atoms with Gasteiger partial charge in [0.15, 0.2) is 0 Å². The number of benzene rings is 2. The van der Waals surface area contributed by atoms with E-state index in [0.717, 1.165) is 11.1 Å². The highest BCUT2D eigenvalue weighted by Gasteiger charge is 2.17. The summed E-state index contributed by atoms with van der Waals surface area (Å²) in [4.78, 5) is 14.0. The van der Waals surface area contributed by atoms with Crippen LogP contribution in [0.25, 0.3) is 0 Å². The van der Waals surface area contributed by atoms with E-state index in [1.807, 2.05) is 48.5 Å². The second-order valence-corrected chi connectivity index (χ2v) is 5.79. The first kappa shape index (κ1) is 16.2. The Morgan fingerprint density at radius 2 is 1.71 bits per heavy atom. The van der Waals surface area contributed by atoms with Gasteiger partial charge >= 0.3 is 0 Å². The minimum Gasteiger partial charge on any atom is -0.347 e. The average molecular weight is 341 g/mol. The van der Waals surface area contributed by atoms with E-state index in [1.165, 1.54) is 0 Å². The van der Waals surface area contributed by atoms with E-state index < -0.39 is 0 Å². The average Bonchev–Trinajstić information content (AvgIpc) is 3.10. The van der Waals surface area contributed by atoms with Gasteiger partial charge in [0.25, 0.3) is 0 Å². The van der Waals surface area contributed by atoms with Crippen LogP contribution in [0, 0.1) is 0 Å². The molecule has 0 aliphatic heterocycles. The molecule has 1 unspecified atom stereocenters. The van der Waals surface area contributed by atoms with Gasteiger partial charge in [0.2, 0.25) is 5.91 Å². The van der Waals surface area contributed by atoms with Gasteiger partial charge < -0.3 is 5.32 Å². The molecular weight excluding hydrogens is 324 g/mol. The minimum atomic E-state index is -0.214. The SMILES string of the molecule is O=C(Cc1ccccc1Cl)NC(Cn1nccn1)c1ccccc1. The van der Waals surface area contributed by atoms with Gasteiger partial charge in [0.1, 0.15) is 0 Å².